The summed E-state index contributed by atoms with van der Waals surface area (Å²) in [6.45, 7) is 4.50. The van der Waals surface area contributed by atoms with Crippen molar-refractivity contribution >= 4 is 35.3 Å². The molecule has 136 valence electrons. The molecule has 9 nitrogen and oxygen atoms in total. The van der Waals surface area contributed by atoms with Crippen molar-refractivity contribution in [3.8, 4) is 0 Å². The van der Waals surface area contributed by atoms with Crippen LogP contribution < -0.4 is 15.5 Å². The molecule has 2 aliphatic rings. The van der Waals surface area contributed by atoms with E-state index in [0.717, 1.165) is 11.1 Å². The average molecular weight is 359 g/mol. The van der Waals surface area contributed by atoms with Crippen molar-refractivity contribution in [2.24, 2.45) is 0 Å². The Labute approximate surface area is 148 Å². The van der Waals surface area contributed by atoms with Crippen LogP contribution in [0.2, 0.25) is 0 Å². The third-order valence-corrected chi connectivity index (χ3v) is 3.74. The number of hydrogen-bond acceptors (Lipinski definition) is 7. The number of esters is 2. The number of nitrogens with one attached hydrogen (secondary N) is 2. The van der Waals surface area contributed by atoms with E-state index in [0.29, 0.717) is 11.4 Å². The second-order valence-electron chi connectivity index (χ2n) is 6.28. The monoisotopic (exact) mass is 359 g/mol. The van der Waals surface area contributed by atoms with Gasteiger partial charge in [-0.3, -0.25) is 4.79 Å². The molecule has 2 aliphatic heterocycles. The lowest BCUT2D eigenvalue weighted by atomic mass is 10.2. The lowest BCUT2D eigenvalue weighted by molar-refractivity contribution is -0.222. The number of benzene rings is 1. The number of ether oxygens (including phenoxy) is 2. The van der Waals surface area contributed by atoms with Gasteiger partial charge in [-0.05, 0) is 25.1 Å². The fourth-order valence-corrected chi connectivity index (χ4v) is 2.52. The van der Waals surface area contributed by atoms with E-state index in [4.69, 9.17) is 9.47 Å². The van der Waals surface area contributed by atoms with Crippen molar-refractivity contribution in [2.45, 2.75) is 32.6 Å². The average Bonchev–Trinajstić information content (AvgIpc) is 2.78. The molecule has 1 atom stereocenters. The van der Waals surface area contributed by atoms with E-state index in [9.17, 15) is 19.2 Å². The van der Waals surface area contributed by atoms with Crippen molar-refractivity contribution in [3.05, 3.63) is 36.0 Å². The Morgan fingerprint density at radius 3 is 2.38 bits per heavy atom. The molecule has 1 unspecified atom stereocenters. The van der Waals surface area contributed by atoms with Crippen LogP contribution in [0, 0.1) is 0 Å². The van der Waals surface area contributed by atoms with Crippen molar-refractivity contribution in [1.29, 1.82) is 0 Å². The van der Waals surface area contributed by atoms with Crippen LogP contribution >= 0.6 is 0 Å². The van der Waals surface area contributed by atoms with Gasteiger partial charge in [-0.25, -0.2) is 19.3 Å². The highest BCUT2D eigenvalue weighted by atomic mass is 16.7. The molecule has 9 heteroatoms. The summed E-state index contributed by atoms with van der Waals surface area (Å²) in [4.78, 5) is 48.8. The minimum absolute atomic E-state index is 0.293. The zero-order chi connectivity index (χ0) is 19.1. The van der Waals surface area contributed by atoms with E-state index in [1.807, 2.05) is 0 Å². The van der Waals surface area contributed by atoms with E-state index in [2.05, 4.69) is 10.6 Å². The second kappa shape index (κ2) is 6.17. The lowest BCUT2D eigenvalue weighted by Gasteiger charge is -2.29. The quantitative estimate of drug-likeness (QED) is 0.361. The number of hydrogen-bond donors (Lipinski definition) is 2. The van der Waals surface area contributed by atoms with Gasteiger partial charge in [0, 0.05) is 25.7 Å². The molecule has 0 spiro atoms. The maximum atomic E-state index is 12.1. The van der Waals surface area contributed by atoms with Gasteiger partial charge >= 0.3 is 18.0 Å². The molecular formula is C17H17N3O6. The first-order valence-corrected chi connectivity index (χ1v) is 7.86. The van der Waals surface area contributed by atoms with Crippen LogP contribution in [0.3, 0.4) is 0 Å². The Balaban J connectivity index is 1.80. The van der Waals surface area contributed by atoms with Crippen LogP contribution in [0.4, 0.5) is 16.2 Å². The smallest absolute Gasteiger partial charge is 0.350 e. The van der Waals surface area contributed by atoms with Gasteiger partial charge in [0.25, 0.3) is 11.7 Å². The van der Waals surface area contributed by atoms with Crippen LogP contribution in [0.15, 0.2) is 36.0 Å². The SMILES string of the molecule is CC1NC(=O)N(c2cccc(NC=C3C(=O)OC(C)(C)OC3=O)c2)C1=O. The predicted octanol–water partition coefficient (Wildman–Crippen LogP) is 1.26. The van der Waals surface area contributed by atoms with Crippen molar-refractivity contribution in [1.82, 2.24) is 5.32 Å². The number of urea groups is 1. The highest BCUT2D eigenvalue weighted by molar-refractivity contribution is 6.21. The summed E-state index contributed by atoms with van der Waals surface area (Å²) in [5.41, 5.74) is 0.522. The Hall–Kier alpha value is -3.36. The van der Waals surface area contributed by atoms with E-state index in [-0.39, 0.29) is 11.5 Å². The summed E-state index contributed by atoms with van der Waals surface area (Å²) in [7, 11) is 0. The van der Waals surface area contributed by atoms with Crippen molar-refractivity contribution < 1.29 is 28.7 Å². The molecule has 2 N–H and O–H groups in total. The summed E-state index contributed by atoms with van der Waals surface area (Å²) >= 11 is 0. The molecule has 3 amide bonds. The normalized spacial score (nSPS) is 21.9. The number of amides is 3. The molecule has 0 bridgehead atoms. The number of cyclic esters (lactones) is 2. The first-order chi connectivity index (χ1) is 12.2. The Morgan fingerprint density at radius 1 is 1.15 bits per heavy atom. The summed E-state index contributed by atoms with van der Waals surface area (Å²) < 4.78 is 9.99. The van der Waals surface area contributed by atoms with Gasteiger partial charge in [0.05, 0.1) is 5.69 Å². The zero-order valence-electron chi connectivity index (χ0n) is 14.4. The zero-order valence-corrected chi connectivity index (χ0v) is 14.4. The van der Waals surface area contributed by atoms with Crippen LogP contribution in [0.1, 0.15) is 20.8 Å². The van der Waals surface area contributed by atoms with Gasteiger partial charge in [-0.15, -0.1) is 0 Å². The maximum Gasteiger partial charge on any atom is 0.350 e. The van der Waals surface area contributed by atoms with Crippen LogP contribution in [-0.4, -0.2) is 35.7 Å². The molecule has 0 aliphatic carbocycles. The van der Waals surface area contributed by atoms with Gasteiger partial charge in [-0.1, -0.05) is 6.07 Å². The minimum atomic E-state index is -1.31. The summed E-state index contributed by atoms with van der Waals surface area (Å²) in [5.74, 6) is -3.30. The number of imide groups is 1. The first kappa shape index (κ1) is 17.5. The van der Waals surface area contributed by atoms with Crippen LogP contribution in [0.5, 0.6) is 0 Å². The van der Waals surface area contributed by atoms with Crippen LogP contribution in [-0.2, 0) is 23.9 Å². The second-order valence-corrected chi connectivity index (χ2v) is 6.28. The molecule has 0 radical (unpaired) electrons. The largest absolute Gasteiger partial charge is 0.419 e. The molecule has 0 saturated carbocycles. The fraction of sp³-hybridized carbons (Fsp3) is 0.294. The Bertz CT molecular complexity index is 823. The first-order valence-electron chi connectivity index (χ1n) is 7.86. The lowest BCUT2D eigenvalue weighted by Crippen LogP contribution is -2.42. The number of rotatable bonds is 3. The maximum absolute atomic E-state index is 12.1. The number of carbonyl (C=O) groups excluding carboxylic acids is 4. The predicted molar refractivity (Wildman–Crippen MR) is 89.9 cm³/mol. The van der Waals surface area contributed by atoms with Crippen molar-refractivity contribution in [3.63, 3.8) is 0 Å². The number of anilines is 2. The third-order valence-electron chi connectivity index (χ3n) is 3.74. The van der Waals surface area contributed by atoms with Gasteiger partial charge in [-0.2, -0.15) is 0 Å². The third kappa shape index (κ3) is 3.23. The highest BCUT2D eigenvalue weighted by Crippen LogP contribution is 2.25. The highest BCUT2D eigenvalue weighted by Gasteiger charge is 2.39. The molecule has 1 aromatic carbocycles. The number of carbonyl (C=O) groups is 4. The molecule has 2 saturated heterocycles. The molecule has 0 aromatic heterocycles. The van der Waals surface area contributed by atoms with E-state index < -0.39 is 29.8 Å². The van der Waals surface area contributed by atoms with E-state index in [1.54, 1.807) is 25.1 Å². The number of nitrogens with zero attached hydrogens (tertiary/aromatic N) is 1. The topological polar surface area (TPSA) is 114 Å². The molecule has 26 heavy (non-hydrogen) atoms. The summed E-state index contributed by atoms with van der Waals surface area (Å²) in [5, 5.41) is 5.29. The molecule has 2 heterocycles. The van der Waals surface area contributed by atoms with E-state index >= 15 is 0 Å². The van der Waals surface area contributed by atoms with Gasteiger partial charge in [0.1, 0.15) is 6.04 Å². The van der Waals surface area contributed by atoms with Gasteiger partial charge in [0.2, 0.25) is 0 Å². The Morgan fingerprint density at radius 2 is 1.81 bits per heavy atom. The standard InChI is InChI=1S/C17H17N3O6/c1-9-13(21)20(16(24)19-9)11-6-4-5-10(7-11)18-8-12-14(22)25-17(2,3)26-15(12)23/h4-9,18H,1-3H3,(H,19,24). The molecule has 1 aromatic rings. The van der Waals surface area contributed by atoms with Crippen molar-refractivity contribution in [2.75, 3.05) is 10.2 Å². The van der Waals surface area contributed by atoms with Gasteiger partial charge < -0.3 is 20.1 Å². The fourth-order valence-electron chi connectivity index (χ4n) is 2.52. The van der Waals surface area contributed by atoms with Crippen LogP contribution in [0.25, 0.3) is 0 Å². The minimum Gasteiger partial charge on any atom is -0.419 e. The molecular weight excluding hydrogens is 342 g/mol. The summed E-state index contributed by atoms with van der Waals surface area (Å²) in [6.07, 6.45) is 1.16. The molecule has 2 fully saturated rings. The van der Waals surface area contributed by atoms with Gasteiger partial charge in [0.15, 0.2) is 5.57 Å². The van der Waals surface area contributed by atoms with E-state index in [1.165, 1.54) is 19.9 Å². The summed E-state index contributed by atoms with van der Waals surface area (Å²) in [6, 6.07) is 5.29. The Kier molecular flexibility index (Phi) is 4.15. The molecule has 3 rings (SSSR count).